The number of nitrogens with one attached hydrogen (secondary N) is 3. The quantitative estimate of drug-likeness (QED) is 0.262. The van der Waals surface area contributed by atoms with Crippen LogP contribution in [0.5, 0.6) is 0 Å². The predicted octanol–water partition coefficient (Wildman–Crippen LogP) is 2.88. The molecule has 3 unspecified atom stereocenters. The second-order valence-electron chi connectivity index (χ2n) is 12.8. The highest BCUT2D eigenvalue weighted by Crippen LogP contribution is 2.28. The number of nitrogens with zero attached hydrogens (tertiary/aromatic N) is 2. The molecule has 0 bridgehead atoms. The molecule has 3 aliphatic rings. The van der Waals surface area contributed by atoms with Crippen molar-refractivity contribution in [2.24, 2.45) is 17.8 Å². The molecule has 5 amide bonds. The smallest absolute Gasteiger partial charge is 0.315 e. The van der Waals surface area contributed by atoms with E-state index in [0.29, 0.717) is 24.7 Å². The number of urea groups is 1. The van der Waals surface area contributed by atoms with Gasteiger partial charge in [-0.25, -0.2) is 4.79 Å². The minimum absolute atomic E-state index is 0.00948. The van der Waals surface area contributed by atoms with E-state index in [4.69, 9.17) is 5.11 Å². The molecule has 41 heavy (non-hydrogen) atoms. The van der Waals surface area contributed by atoms with Crippen LogP contribution in [-0.2, 0) is 19.2 Å². The van der Waals surface area contributed by atoms with Crippen LogP contribution in [0.25, 0.3) is 0 Å². The van der Waals surface area contributed by atoms with Gasteiger partial charge in [-0.3, -0.25) is 19.2 Å². The van der Waals surface area contributed by atoms with E-state index in [1.807, 2.05) is 0 Å². The van der Waals surface area contributed by atoms with Crippen molar-refractivity contribution < 1.29 is 29.1 Å². The maximum atomic E-state index is 12.8. The van der Waals surface area contributed by atoms with E-state index in [2.05, 4.69) is 22.9 Å². The Bertz CT molecular complexity index is 900. The predicted molar refractivity (Wildman–Crippen MR) is 155 cm³/mol. The Balaban J connectivity index is 1.30. The van der Waals surface area contributed by atoms with Crippen molar-refractivity contribution in [3.05, 3.63) is 0 Å². The zero-order chi connectivity index (χ0) is 29.9. The average Bonchev–Trinajstić information content (AvgIpc) is 2.94. The largest absolute Gasteiger partial charge is 0.481 e. The zero-order valence-corrected chi connectivity index (χ0v) is 25.1. The lowest BCUT2D eigenvalue weighted by molar-refractivity contribution is -0.144. The molecule has 0 saturated heterocycles. The number of likely N-dealkylation sites (N-methyl/N-ethyl adjacent to an activating group) is 1. The van der Waals surface area contributed by atoms with Gasteiger partial charge in [0.1, 0.15) is 0 Å². The van der Waals surface area contributed by atoms with Gasteiger partial charge in [0.2, 0.25) is 18.2 Å². The molecule has 0 spiro atoms. The van der Waals surface area contributed by atoms with Gasteiger partial charge < -0.3 is 30.9 Å². The summed E-state index contributed by atoms with van der Waals surface area (Å²) in [6.07, 6.45) is 12.4. The molecule has 11 nitrogen and oxygen atoms in total. The standard InChI is InChI=1S/C30H51N5O6/c1-20-6-4-5-7-26(20)33-30(41)32-24-10-8-22(9-11-24)16-27(37)31-23-12-14-25(15-13-23)34(3)28(38)18-35(19-36)17-21(2)29(39)40/h19-26H,4-18H2,1-3H3,(H,31,37)(H,39,40)(H2,32,33,41). The summed E-state index contributed by atoms with van der Waals surface area (Å²) in [5.41, 5.74) is 0. The lowest BCUT2D eigenvalue weighted by Gasteiger charge is -2.36. The molecule has 3 saturated carbocycles. The third-order valence-electron chi connectivity index (χ3n) is 9.50. The van der Waals surface area contributed by atoms with Crippen molar-refractivity contribution >= 4 is 30.2 Å². The van der Waals surface area contributed by atoms with Crippen LogP contribution >= 0.6 is 0 Å². The maximum absolute atomic E-state index is 12.8. The Labute approximate surface area is 244 Å². The van der Waals surface area contributed by atoms with Gasteiger partial charge >= 0.3 is 12.0 Å². The van der Waals surface area contributed by atoms with Gasteiger partial charge in [0.25, 0.3) is 0 Å². The van der Waals surface area contributed by atoms with Crippen molar-refractivity contribution in [2.75, 3.05) is 20.1 Å². The number of rotatable bonds is 12. The summed E-state index contributed by atoms with van der Waals surface area (Å²) < 4.78 is 0. The van der Waals surface area contributed by atoms with E-state index in [0.717, 1.165) is 57.8 Å². The molecule has 3 atom stereocenters. The minimum Gasteiger partial charge on any atom is -0.481 e. The summed E-state index contributed by atoms with van der Waals surface area (Å²) >= 11 is 0. The third kappa shape index (κ3) is 10.5. The number of hydrogen-bond acceptors (Lipinski definition) is 5. The van der Waals surface area contributed by atoms with Crippen molar-refractivity contribution in [1.29, 1.82) is 0 Å². The second kappa shape index (κ2) is 16.0. The monoisotopic (exact) mass is 577 g/mol. The highest BCUT2D eigenvalue weighted by molar-refractivity contribution is 5.80. The number of carboxylic acids is 1. The normalized spacial score (nSPS) is 29.0. The van der Waals surface area contributed by atoms with Gasteiger partial charge in [-0.2, -0.15) is 0 Å². The zero-order valence-electron chi connectivity index (χ0n) is 25.1. The molecule has 3 fully saturated rings. The summed E-state index contributed by atoms with van der Waals surface area (Å²) in [7, 11) is 1.72. The van der Waals surface area contributed by atoms with Crippen molar-refractivity contribution in [3.8, 4) is 0 Å². The third-order valence-corrected chi connectivity index (χ3v) is 9.50. The average molecular weight is 578 g/mol. The Morgan fingerprint density at radius 3 is 2.10 bits per heavy atom. The Hall–Kier alpha value is -2.85. The van der Waals surface area contributed by atoms with Crippen molar-refractivity contribution in [3.63, 3.8) is 0 Å². The van der Waals surface area contributed by atoms with Gasteiger partial charge in [-0.15, -0.1) is 0 Å². The van der Waals surface area contributed by atoms with Crippen molar-refractivity contribution in [2.45, 2.75) is 121 Å². The second-order valence-corrected chi connectivity index (χ2v) is 12.8. The van der Waals surface area contributed by atoms with Gasteiger partial charge in [-0.05, 0) is 76.0 Å². The summed E-state index contributed by atoms with van der Waals surface area (Å²) in [5.74, 6) is -1.03. The lowest BCUT2D eigenvalue weighted by Crippen LogP contribution is -2.49. The molecule has 0 aliphatic heterocycles. The van der Waals surface area contributed by atoms with Crippen LogP contribution in [0, 0.1) is 17.8 Å². The van der Waals surface area contributed by atoms with Crippen LogP contribution in [0.2, 0.25) is 0 Å². The summed E-state index contributed by atoms with van der Waals surface area (Å²) in [6, 6.07) is 0.507. The van der Waals surface area contributed by atoms with Gasteiger partial charge in [0.05, 0.1) is 12.5 Å². The van der Waals surface area contributed by atoms with E-state index in [9.17, 15) is 24.0 Å². The highest BCUT2D eigenvalue weighted by Gasteiger charge is 2.30. The first-order valence-corrected chi connectivity index (χ1v) is 15.6. The first kappa shape index (κ1) is 32.7. The number of carbonyl (C=O) groups is 5. The number of carboxylic acid groups (broad SMARTS) is 1. The fraction of sp³-hybridized carbons (Fsp3) is 0.833. The number of amides is 5. The van der Waals surface area contributed by atoms with Crippen LogP contribution in [0.15, 0.2) is 0 Å². The molecule has 3 aliphatic carbocycles. The van der Waals surface area contributed by atoms with E-state index in [1.54, 1.807) is 11.9 Å². The molecule has 232 valence electrons. The molecule has 3 rings (SSSR count). The van der Waals surface area contributed by atoms with Gasteiger partial charge in [-0.1, -0.05) is 26.7 Å². The van der Waals surface area contributed by atoms with Crippen LogP contribution in [0.4, 0.5) is 4.79 Å². The van der Waals surface area contributed by atoms with Gasteiger partial charge in [0, 0.05) is 44.2 Å². The molecule has 0 aromatic carbocycles. The SMILES string of the molecule is CC(CN(C=O)CC(=O)N(C)C1CCC(NC(=O)CC2CCC(NC(=O)NC3CCCCC3C)CC2)CC1)C(=O)O. The van der Waals surface area contributed by atoms with E-state index in [1.165, 1.54) is 31.1 Å². The van der Waals surface area contributed by atoms with E-state index >= 15 is 0 Å². The fourth-order valence-corrected chi connectivity index (χ4v) is 6.66. The topological polar surface area (TPSA) is 148 Å². The number of hydrogen-bond donors (Lipinski definition) is 4. The van der Waals surface area contributed by atoms with E-state index in [-0.39, 0.29) is 55.1 Å². The van der Waals surface area contributed by atoms with Gasteiger partial charge in [0.15, 0.2) is 0 Å². The number of carbonyl (C=O) groups excluding carboxylic acids is 4. The molecule has 0 heterocycles. The highest BCUT2D eigenvalue weighted by atomic mass is 16.4. The molecule has 0 aromatic heterocycles. The Morgan fingerprint density at radius 2 is 1.49 bits per heavy atom. The molecule has 4 N–H and O–H groups in total. The molecule has 11 heteroatoms. The maximum Gasteiger partial charge on any atom is 0.315 e. The first-order valence-electron chi connectivity index (χ1n) is 15.6. The van der Waals surface area contributed by atoms with Crippen LogP contribution < -0.4 is 16.0 Å². The fourth-order valence-electron chi connectivity index (χ4n) is 6.66. The molecule has 0 aromatic rings. The molecule has 0 radical (unpaired) electrons. The first-order chi connectivity index (χ1) is 19.5. The summed E-state index contributed by atoms with van der Waals surface area (Å²) in [5, 5.41) is 18.6. The van der Waals surface area contributed by atoms with E-state index < -0.39 is 11.9 Å². The summed E-state index contributed by atoms with van der Waals surface area (Å²) in [4.78, 5) is 63.2. The molecular formula is C30H51N5O6. The van der Waals surface area contributed by atoms with Crippen LogP contribution in [0.1, 0.15) is 97.3 Å². The molecular weight excluding hydrogens is 526 g/mol. The lowest BCUT2D eigenvalue weighted by atomic mass is 9.83. The minimum atomic E-state index is -1.01. The Morgan fingerprint density at radius 1 is 0.878 bits per heavy atom. The van der Waals surface area contributed by atoms with Crippen LogP contribution in [-0.4, -0.2) is 89.4 Å². The summed E-state index contributed by atoms with van der Waals surface area (Å²) in [6.45, 7) is 3.57. The Kier molecular flexibility index (Phi) is 12.7. The van der Waals surface area contributed by atoms with Crippen molar-refractivity contribution in [1.82, 2.24) is 25.8 Å². The number of aliphatic carboxylic acids is 1. The van der Waals surface area contributed by atoms with Crippen LogP contribution in [0.3, 0.4) is 0 Å².